The number of halogens is 1. The number of H-pyrrole nitrogens is 1. The Labute approximate surface area is 240 Å². The number of aromatic amines is 1. The molecule has 2 amide bonds. The number of rotatable bonds is 11. The minimum atomic E-state index is -0.316. The van der Waals surface area contributed by atoms with E-state index < -0.39 is 0 Å². The van der Waals surface area contributed by atoms with Gasteiger partial charge in [0.2, 0.25) is 5.91 Å². The SMILES string of the molecule is CCCN(CC(=O)N(CCc1c[nH]c2ccccc12)Cc1ccc(F)cc1)C(=O)c1ccc(-c2ccccc2)cc1. The van der Waals surface area contributed by atoms with E-state index in [0.717, 1.165) is 39.6 Å². The molecule has 1 heterocycles. The van der Waals surface area contributed by atoms with E-state index in [1.165, 1.54) is 12.1 Å². The first-order chi connectivity index (χ1) is 20.0. The molecule has 5 aromatic rings. The normalized spacial score (nSPS) is 11.0. The summed E-state index contributed by atoms with van der Waals surface area (Å²) in [5.41, 5.74) is 5.68. The first-order valence-corrected chi connectivity index (χ1v) is 14.0. The van der Waals surface area contributed by atoms with Crippen LogP contribution >= 0.6 is 0 Å². The van der Waals surface area contributed by atoms with Gasteiger partial charge in [0, 0.05) is 42.3 Å². The topological polar surface area (TPSA) is 56.4 Å². The van der Waals surface area contributed by atoms with Gasteiger partial charge >= 0.3 is 0 Å². The van der Waals surface area contributed by atoms with Gasteiger partial charge < -0.3 is 14.8 Å². The highest BCUT2D eigenvalue weighted by molar-refractivity contribution is 5.97. The molecular formula is C35H34FN3O2. The zero-order chi connectivity index (χ0) is 28.6. The highest BCUT2D eigenvalue weighted by Crippen LogP contribution is 2.21. The van der Waals surface area contributed by atoms with Crippen LogP contribution in [-0.2, 0) is 17.8 Å². The Balaban J connectivity index is 1.33. The Morgan fingerprint density at radius 3 is 2.17 bits per heavy atom. The summed E-state index contributed by atoms with van der Waals surface area (Å²) >= 11 is 0. The number of benzene rings is 4. The van der Waals surface area contributed by atoms with Gasteiger partial charge in [-0.05, 0) is 65.4 Å². The van der Waals surface area contributed by atoms with E-state index in [1.54, 1.807) is 21.9 Å². The maximum absolute atomic E-state index is 13.7. The van der Waals surface area contributed by atoms with Crippen LogP contribution in [0.15, 0.2) is 109 Å². The van der Waals surface area contributed by atoms with Crippen LogP contribution in [0.25, 0.3) is 22.0 Å². The number of nitrogens with one attached hydrogen (secondary N) is 1. The third kappa shape index (κ3) is 6.90. The lowest BCUT2D eigenvalue weighted by Crippen LogP contribution is -2.43. The van der Waals surface area contributed by atoms with Crippen molar-refractivity contribution in [1.29, 1.82) is 0 Å². The number of nitrogens with zero attached hydrogens (tertiary/aromatic N) is 2. The van der Waals surface area contributed by atoms with E-state index in [-0.39, 0.29) is 24.2 Å². The molecule has 0 saturated carbocycles. The van der Waals surface area contributed by atoms with Crippen LogP contribution in [0.5, 0.6) is 0 Å². The van der Waals surface area contributed by atoms with E-state index in [0.29, 0.717) is 31.6 Å². The summed E-state index contributed by atoms with van der Waals surface area (Å²) in [6, 6.07) is 31.8. The molecule has 0 spiro atoms. The first-order valence-electron chi connectivity index (χ1n) is 14.0. The quantitative estimate of drug-likeness (QED) is 0.192. The Kier molecular flexibility index (Phi) is 8.89. The molecule has 0 atom stereocenters. The molecule has 1 N–H and O–H groups in total. The van der Waals surface area contributed by atoms with Gasteiger partial charge in [-0.3, -0.25) is 9.59 Å². The maximum Gasteiger partial charge on any atom is 0.254 e. The third-order valence-corrected chi connectivity index (χ3v) is 7.31. The molecule has 6 heteroatoms. The fourth-order valence-electron chi connectivity index (χ4n) is 5.10. The number of hydrogen-bond donors (Lipinski definition) is 1. The molecule has 0 bridgehead atoms. The number of carbonyl (C=O) groups is 2. The van der Waals surface area contributed by atoms with Crippen LogP contribution in [0.4, 0.5) is 4.39 Å². The van der Waals surface area contributed by atoms with Crippen molar-refractivity contribution < 1.29 is 14.0 Å². The minimum Gasteiger partial charge on any atom is -0.361 e. The second-order valence-electron chi connectivity index (χ2n) is 10.2. The molecule has 0 radical (unpaired) electrons. The average molecular weight is 548 g/mol. The Morgan fingerprint density at radius 2 is 1.44 bits per heavy atom. The van der Waals surface area contributed by atoms with Gasteiger partial charge in [-0.15, -0.1) is 0 Å². The van der Waals surface area contributed by atoms with Gasteiger partial charge in [0.15, 0.2) is 0 Å². The molecule has 208 valence electrons. The van der Waals surface area contributed by atoms with Crippen LogP contribution in [0.3, 0.4) is 0 Å². The van der Waals surface area contributed by atoms with Crippen molar-refractivity contribution in [2.24, 2.45) is 0 Å². The standard InChI is InChI=1S/C35H34FN3O2/c1-2-21-39(35(41)29-16-14-28(15-17-29)27-8-4-3-5-9-27)25-34(40)38(24-26-12-18-31(36)19-13-26)22-20-30-23-37-33-11-7-6-10-32(30)33/h3-19,23,37H,2,20-22,24-25H2,1H3. The number of fused-ring (bicyclic) bond motifs is 1. The highest BCUT2D eigenvalue weighted by atomic mass is 19.1. The summed E-state index contributed by atoms with van der Waals surface area (Å²) in [7, 11) is 0. The fourth-order valence-corrected chi connectivity index (χ4v) is 5.10. The van der Waals surface area contributed by atoms with Crippen molar-refractivity contribution in [3.05, 3.63) is 132 Å². The van der Waals surface area contributed by atoms with Crippen molar-refractivity contribution in [2.75, 3.05) is 19.6 Å². The lowest BCUT2D eigenvalue weighted by molar-refractivity contribution is -0.132. The van der Waals surface area contributed by atoms with Crippen molar-refractivity contribution in [3.8, 4) is 11.1 Å². The minimum absolute atomic E-state index is 0.0256. The fraction of sp³-hybridized carbons (Fsp3) is 0.200. The van der Waals surface area contributed by atoms with Crippen LogP contribution in [0.2, 0.25) is 0 Å². The van der Waals surface area contributed by atoms with Gasteiger partial charge in [-0.1, -0.05) is 79.7 Å². The van der Waals surface area contributed by atoms with Gasteiger partial charge in [-0.2, -0.15) is 0 Å². The molecule has 41 heavy (non-hydrogen) atoms. The van der Waals surface area contributed by atoms with Crippen LogP contribution in [-0.4, -0.2) is 46.2 Å². The van der Waals surface area contributed by atoms with Crippen molar-refractivity contribution in [2.45, 2.75) is 26.3 Å². The molecule has 5 rings (SSSR count). The zero-order valence-electron chi connectivity index (χ0n) is 23.2. The van der Waals surface area contributed by atoms with Crippen LogP contribution in [0.1, 0.15) is 34.8 Å². The summed E-state index contributed by atoms with van der Waals surface area (Å²) in [5, 5.41) is 1.13. The average Bonchev–Trinajstić information content (AvgIpc) is 3.43. The second kappa shape index (κ2) is 13.1. The second-order valence-corrected chi connectivity index (χ2v) is 10.2. The monoisotopic (exact) mass is 547 g/mol. The number of para-hydroxylation sites is 1. The Morgan fingerprint density at radius 1 is 0.756 bits per heavy atom. The van der Waals surface area contributed by atoms with E-state index in [4.69, 9.17) is 0 Å². The number of aromatic nitrogens is 1. The van der Waals surface area contributed by atoms with Gasteiger partial charge in [0.05, 0.1) is 0 Å². The smallest absolute Gasteiger partial charge is 0.254 e. The number of hydrogen-bond acceptors (Lipinski definition) is 2. The molecular weight excluding hydrogens is 513 g/mol. The van der Waals surface area contributed by atoms with Gasteiger partial charge in [0.25, 0.3) is 5.91 Å². The molecule has 0 unspecified atom stereocenters. The zero-order valence-corrected chi connectivity index (χ0v) is 23.2. The van der Waals surface area contributed by atoms with E-state index in [1.807, 2.05) is 85.9 Å². The number of amides is 2. The summed E-state index contributed by atoms with van der Waals surface area (Å²) in [6.07, 6.45) is 3.37. The molecule has 0 aliphatic carbocycles. The van der Waals surface area contributed by atoms with E-state index >= 15 is 0 Å². The van der Waals surface area contributed by atoms with E-state index in [2.05, 4.69) is 11.1 Å². The Bertz CT molecular complexity index is 1590. The molecule has 0 saturated heterocycles. The highest BCUT2D eigenvalue weighted by Gasteiger charge is 2.23. The lowest BCUT2D eigenvalue weighted by atomic mass is 10.0. The summed E-state index contributed by atoms with van der Waals surface area (Å²) in [5.74, 6) is -0.626. The van der Waals surface area contributed by atoms with Crippen LogP contribution in [0, 0.1) is 5.82 Å². The largest absolute Gasteiger partial charge is 0.361 e. The lowest BCUT2D eigenvalue weighted by Gasteiger charge is -2.28. The molecule has 0 fully saturated rings. The predicted molar refractivity (Wildman–Crippen MR) is 162 cm³/mol. The van der Waals surface area contributed by atoms with Crippen molar-refractivity contribution in [3.63, 3.8) is 0 Å². The van der Waals surface area contributed by atoms with Crippen molar-refractivity contribution in [1.82, 2.24) is 14.8 Å². The van der Waals surface area contributed by atoms with Gasteiger partial charge in [0.1, 0.15) is 12.4 Å². The summed E-state index contributed by atoms with van der Waals surface area (Å²) < 4.78 is 13.6. The summed E-state index contributed by atoms with van der Waals surface area (Å²) in [4.78, 5) is 34.0. The van der Waals surface area contributed by atoms with Gasteiger partial charge in [-0.25, -0.2) is 4.39 Å². The van der Waals surface area contributed by atoms with E-state index in [9.17, 15) is 14.0 Å². The van der Waals surface area contributed by atoms with Crippen molar-refractivity contribution >= 4 is 22.7 Å². The molecule has 0 aliphatic rings. The molecule has 4 aromatic carbocycles. The first kappa shape index (κ1) is 27.8. The summed E-state index contributed by atoms with van der Waals surface area (Å²) in [6.45, 7) is 3.25. The Hall–Kier alpha value is -4.71. The number of carbonyl (C=O) groups excluding carboxylic acids is 2. The molecule has 5 nitrogen and oxygen atoms in total. The predicted octanol–water partition coefficient (Wildman–Crippen LogP) is 7.10. The molecule has 0 aliphatic heterocycles. The molecule has 1 aromatic heterocycles. The third-order valence-electron chi connectivity index (χ3n) is 7.31. The van der Waals surface area contributed by atoms with Crippen LogP contribution < -0.4 is 0 Å². The maximum atomic E-state index is 13.7.